The minimum Gasteiger partial charge on any atom is -0.467 e. The molecule has 2 rings (SSSR count). The van der Waals surface area contributed by atoms with E-state index in [-0.39, 0.29) is 0 Å². The van der Waals surface area contributed by atoms with Crippen LogP contribution in [-0.2, 0) is 25.4 Å². The molecule has 1 atom stereocenters. The first-order valence-corrected chi connectivity index (χ1v) is 8.77. The van der Waals surface area contributed by atoms with E-state index < -0.39 is 23.7 Å². The summed E-state index contributed by atoms with van der Waals surface area (Å²) in [5.41, 5.74) is 1.41. The van der Waals surface area contributed by atoms with Gasteiger partial charge in [0.05, 0.1) is 20.3 Å². The van der Waals surface area contributed by atoms with Gasteiger partial charge in [0.1, 0.15) is 11.6 Å². The highest BCUT2D eigenvalue weighted by Crippen LogP contribution is 2.18. The molecular weight excluding hydrogens is 336 g/mol. The fourth-order valence-corrected chi connectivity index (χ4v) is 2.69. The predicted octanol–water partition coefficient (Wildman–Crippen LogP) is 2.13. The maximum absolute atomic E-state index is 12.0. The second kappa shape index (κ2) is 8.89. The topological polar surface area (TPSA) is 77.1 Å². The van der Waals surface area contributed by atoms with Crippen LogP contribution in [0.2, 0.25) is 0 Å². The number of anilines is 1. The fourth-order valence-electron chi connectivity index (χ4n) is 2.69. The van der Waals surface area contributed by atoms with E-state index in [1.807, 2.05) is 24.3 Å². The molecular formula is C19H28N2O5. The third-order valence-electron chi connectivity index (χ3n) is 3.93. The van der Waals surface area contributed by atoms with Crippen LogP contribution in [0.3, 0.4) is 0 Å². The molecule has 0 aliphatic carbocycles. The normalized spacial score (nSPS) is 15.9. The number of benzene rings is 1. The maximum atomic E-state index is 12.0. The van der Waals surface area contributed by atoms with Gasteiger partial charge in [0.15, 0.2) is 0 Å². The lowest BCUT2D eigenvalue weighted by Gasteiger charge is -2.29. The molecule has 1 fully saturated rings. The van der Waals surface area contributed by atoms with Crippen molar-refractivity contribution in [3.8, 4) is 0 Å². The minimum absolute atomic E-state index is 0.329. The van der Waals surface area contributed by atoms with Gasteiger partial charge in [-0.1, -0.05) is 12.1 Å². The Morgan fingerprint density at radius 2 is 1.81 bits per heavy atom. The van der Waals surface area contributed by atoms with Crippen molar-refractivity contribution in [2.45, 2.75) is 38.8 Å². The molecule has 1 N–H and O–H groups in total. The van der Waals surface area contributed by atoms with E-state index in [2.05, 4.69) is 10.2 Å². The van der Waals surface area contributed by atoms with Crippen molar-refractivity contribution in [1.82, 2.24) is 5.32 Å². The van der Waals surface area contributed by atoms with E-state index in [0.29, 0.717) is 6.42 Å². The highest BCUT2D eigenvalue weighted by atomic mass is 16.6. The fraction of sp³-hybridized carbons (Fsp3) is 0.579. The molecule has 0 saturated carbocycles. The average molecular weight is 364 g/mol. The molecule has 1 saturated heterocycles. The van der Waals surface area contributed by atoms with Crippen molar-refractivity contribution in [2.75, 3.05) is 38.3 Å². The van der Waals surface area contributed by atoms with Gasteiger partial charge in [-0.15, -0.1) is 0 Å². The van der Waals surface area contributed by atoms with Crippen molar-refractivity contribution >= 4 is 17.7 Å². The van der Waals surface area contributed by atoms with Gasteiger partial charge < -0.3 is 24.4 Å². The minimum atomic E-state index is -0.802. The first-order chi connectivity index (χ1) is 12.3. The number of nitrogens with zero attached hydrogens (tertiary/aromatic N) is 1. The molecule has 1 aliphatic heterocycles. The van der Waals surface area contributed by atoms with E-state index in [1.165, 1.54) is 7.11 Å². The van der Waals surface area contributed by atoms with Gasteiger partial charge in [-0.25, -0.2) is 9.59 Å². The van der Waals surface area contributed by atoms with E-state index in [1.54, 1.807) is 20.8 Å². The molecule has 1 unspecified atom stereocenters. The van der Waals surface area contributed by atoms with Crippen LogP contribution in [0.5, 0.6) is 0 Å². The Hall–Kier alpha value is -2.28. The number of methoxy groups -OCH3 is 1. The van der Waals surface area contributed by atoms with Crippen LogP contribution >= 0.6 is 0 Å². The number of rotatable bonds is 5. The zero-order valence-corrected chi connectivity index (χ0v) is 15.9. The number of morpholine rings is 1. The van der Waals surface area contributed by atoms with Crippen molar-refractivity contribution in [2.24, 2.45) is 0 Å². The lowest BCUT2D eigenvalue weighted by molar-refractivity contribution is -0.143. The van der Waals surface area contributed by atoms with Gasteiger partial charge in [0.25, 0.3) is 0 Å². The number of alkyl carbamates (subject to hydrolysis) is 1. The zero-order chi connectivity index (χ0) is 19.2. The molecule has 7 nitrogen and oxygen atoms in total. The number of carbonyl (C=O) groups is 2. The van der Waals surface area contributed by atoms with Crippen LogP contribution in [0.4, 0.5) is 10.5 Å². The van der Waals surface area contributed by atoms with Gasteiger partial charge in [-0.3, -0.25) is 0 Å². The second-order valence-corrected chi connectivity index (χ2v) is 7.19. The lowest BCUT2D eigenvalue weighted by Crippen LogP contribution is -2.45. The molecule has 0 bridgehead atoms. The van der Waals surface area contributed by atoms with Gasteiger partial charge in [0.2, 0.25) is 0 Å². The molecule has 1 aromatic rings. The molecule has 1 heterocycles. The molecule has 0 spiro atoms. The van der Waals surface area contributed by atoms with E-state index in [0.717, 1.165) is 37.6 Å². The quantitative estimate of drug-likeness (QED) is 0.807. The summed E-state index contributed by atoms with van der Waals surface area (Å²) >= 11 is 0. The van der Waals surface area contributed by atoms with Crippen LogP contribution in [0, 0.1) is 0 Å². The third-order valence-corrected chi connectivity index (χ3v) is 3.93. The van der Waals surface area contributed by atoms with E-state index >= 15 is 0 Å². The molecule has 0 radical (unpaired) electrons. The summed E-state index contributed by atoms with van der Waals surface area (Å²) in [5, 5.41) is 2.59. The van der Waals surface area contributed by atoms with Crippen LogP contribution < -0.4 is 10.2 Å². The van der Waals surface area contributed by atoms with Gasteiger partial charge in [-0.2, -0.15) is 0 Å². The number of hydrogen-bond donors (Lipinski definition) is 1. The highest BCUT2D eigenvalue weighted by Gasteiger charge is 2.25. The second-order valence-electron chi connectivity index (χ2n) is 7.19. The molecule has 1 amide bonds. The Kier molecular flexibility index (Phi) is 6.85. The summed E-state index contributed by atoms with van der Waals surface area (Å²) in [5.74, 6) is -0.506. The first-order valence-electron chi connectivity index (χ1n) is 8.77. The number of esters is 1. The Bertz CT molecular complexity index is 603. The zero-order valence-electron chi connectivity index (χ0n) is 15.9. The van der Waals surface area contributed by atoms with E-state index in [4.69, 9.17) is 14.2 Å². The summed E-state index contributed by atoms with van der Waals surface area (Å²) in [6.45, 7) is 8.49. The largest absolute Gasteiger partial charge is 0.467 e. The van der Waals surface area contributed by atoms with Crippen molar-refractivity contribution in [3.05, 3.63) is 29.8 Å². The number of hydrogen-bond acceptors (Lipinski definition) is 6. The average Bonchev–Trinajstić information content (AvgIpc) is 2.60. The SMILES string of the molecule is COC(=O)C(Cc1ccc(N2CCOCC2)cc1)NC(=O)OC(C)(C)C. The number of nitrogens with one attached hydrogen (secondary N) is 1. The smallest absolute Gasteiger partial charge is 0.408 e. The Balaban J connectivity index is 2.00. The standard InChI is InChI=1S/C19H28N2O5/c1-19(2,3)26-18(23)20-16(17(22)24-4)13-14-5-7-15(8-6-14)21-9-11-25-12-10-21/h5-8,16H,9-13H2,1-4H3,(H,20,23). The summed E-state index contributed by atoms with van der Waals surface area (Å²) in [7, 11) is 1.30. The summed E-state index contributed by atoms with van der Waals surface area (Å²) < 4.78 is 15.4. The molecule has 26 heavy (non-hydrogen) atoms. The van der Waals surface area contributed by atoms with Crippen molar-refractivity contribution in [3.63, 3.8) is 0 Å². The Morgan fingerprint density at radius 1 is 1.19 bits per heavy atom. The molecule has 144 valence electrons. The lowest BCUT2D eigenvalue weighted by atomic mass is 10.1. The molecule has 1 aromatic carbocycles. The van der Waals surface area contributed by atoms with Gasteiger partial charge in [0, 0.05) is 25.2 Å². The number of carbonyl (C=O) groups excluding carboxylic acids is 2. The van der Waals surface area contributed by atoms with Gasteiger partial charge in [-0.05, 0) is 38.5 Å². The number of ether oxygens (including phenoxy) is 3. The first kappa shape index (κ1) is 20.0. The molecule has 7 heteroatoms. The number of amides is 1. The van der Waals surface area contributed by atoms with Crippen molar-refractivity contribution < 1.29 is 23.8 Å². The van der Waals surface area contributed by atoms with Crippen molar-refractivity contribution in [1.29, 1.82) is 0 Å². The Morgan fingerprint density at radius 3 is 2.35 bits per heavy atom. The van der Waals surface area contributed by atoms with Crippen LogP contribution in [0.15, 0.2) is 24.3 Å². The summed E-state index contributed by atoms with van der Waals surface area (Å²) in [4.78, 5) is 26.3. The maximum Gasteiger partial charge on any atom is 0.408 e. The highest BCUT2D eigenvalue weighted by molar-refractivity contribution is 5.81. The molecule has 1 aliphatic rings. The van der Waals surface area contributed by atoms with E-state index in [9.17, 15) is 9.59 Å². The van der Waals surface area contributed by atoms with Crippen LogP contribution in [-0.4, -0.2) is 57.1 Å². The predicted molar refractivity (Wildman–Crippen MR) is 98.4 cm³/mol. The Labute approximate surface area is 154 Å². The van der Waals surface area contributed by atoms with Crippen LogP contribution in [0.1, 0.15) is 26.3 Å². The monoisotopic (exact) mass is 364 g/mol. The summed E-state index contributed by atoms with van der Waals surface area (Å²) in [6, 6.07) is 7.14. The third kappa shape index (κ3) is 6.22. The molecule has 0 aromatic heterocycles. The summed E-state index contributed by atoms with van der Waals surface area (Å²) in [6.07, 6.45) is -0.312. The van der Waals surface area contributed by atoms with Crippen LogP contribution in [0.25, 0.3) is 0 Å². The van der Waals surface area contributed by atoms with Gasteiger partial charge >= 0.3 is 12.1 Å².